The van der Waals surface area contributed by atoms with E-state index in [0.717, 1.165) is 25.8 Å². The standard InChI is InChI=1S/C14H22ClN3O2/c1-3-6-16-13-9-11(12(15)10-18-13)14(19)17-7-4-5-8-20-2/h9-10H,3-8H2,1-2H3,(H,16,18)(H,17,19). The number of carbonyl (C=O) groups is 1. The lowest BCUT2D eigenvalue weighted by molar-refractivity contribution is 0.0951. The third-order valence-electron chi connectivity index (χ3n) is 2.72. The van der Waals surface area contributed by atoms with E-state index in [4.69, 9.17) is 16.3 Å². The van der Waals surface area contributed by atoms with Crippen molar-refractivity contribution in [2.75, 3.05) is 32.1 Å². The molecule has 0 fully saturated rings. The molecule has 6 heteroatoms. The average Bonchev–Trinajstić information content (AvgIpc) is 2.46. The Kier molecular flexibility index (Phi) is 7.99. The second-order valence-corrected chi connectivity index (χ2v) is 4.84. The van der Waals surface area contributed by atoms with Gasteiger partial charge in [-0.2, -0.15) is 0 Å². The van der Waals surface area contributed by atoms with Crippen molar-refractivity contribution in [3.63, 3.8) is 0 Å². The highest BCUT2D eigenvalue weighted by Crippen LogP contribution is 2.18. The molecule has 0 saturated heterocycles. The first-order valence-electron chi connectivity index (χ1n) is 6.85. The fraction of sp³-hybridized carbons (Fsp3) is 0.571. The fourth-order valence-electron chi connectivity index (χ4n) is 1.63. The van der Waals surface area contributed by atoms with E-state index in [2.05, 4.69) is 22.5 Å². The van der Waals surface area contributed by atoms with Crippen LogP contribution in [0.4, 0.5) is 5.82 Å². The van der Waals surface area contributed by atoms with Gasteiger partial charge in [-0.1, -0.05) is 18.5 Å². The summed E-state index contributed by atoms with van der Waals surface area (Å²) in [6, 6.07) is 1.68. The summed E-state index contributed by atoms with van der Waals surface area (Å²) in [5.41, 5.74) is 0.451. The largest absolute Gasteiger partial charge is 0.385 e. The second kappa shape index (κ2) is 9.55. The second-order valence-electron chi connectivity index (χ2n) is 4.43. The molecule has 1 rings (SSSR count). The van der Waals surface area contributed by atoms with Crippen LogP contribution in [0.1, 0.15) is 36.5 Å². The molecular formula is C14H22ClN3O2. The van der Waals surface area contributed by atoms with Gasteiger partial charge in [0, 0.05) is 33.0 Å². The van der Waals surface area contributed by atoms with Crippen LogP contribution in [-0.2, 0) is 4.74 Å². The van der Waals surface area contributed by atoms with Crippen molar-refractivity contribution in [1.82, 2.24) is 10.3 Å². The number of rotatable bonds is 9. The zero-order valence-electron chi connectivity index (χ0n) is 12.0. The zero-order chi connectivity index (χ0) is 14.8. The van der Waals surface area contributed by atoms with Crippen molar-refractivity contribution in [2.45, 2.75) is 26.2 Å². The lowest BCUT2D eigenvalue weighted by atomic mass is 10.2. The normalized spacial score (nSPS) is 10.3. The lowest BCUT2D eigenvalue weighted by Crippen LogP contribution is -2.25. The van der Waals surface area contributed by atoms with Gasteiger partial charge in [0.2, 0.25) is 0 Å². The third-order valence-corrected chi connectivity index (χ3v) is 3.02. The zero-order valence-corrected chi connectivity index (χ0v) is 12.8. The Morgan fingerprint density at radius 2 is 2.20 bits per heavy atom. The number of hydrogen-bond acceptors (Lipinski definition) is 4. The molecule has 0 radical (unpaired) electrons. The van der Waals surface area contributed by atoms with Crippen molar-refractivity contribution in [1.29, 1.82) is 0 Å². The molecule has 112 valence electrons. The van der Waals surface area contributed by atoms with Gasteiger partial charge in [-0.25, -0.2) is 4.98 Å². The molecule has 0 atom stereocenters. The van der Waals surface area contributed by atoms with Crippen molar-refractivity contribution in [3.05, 3.63) is 22.8 Å². The molecule has 20 heavy (non-hydrogen) atoms. The SMILES string of the molecule is CCCNc1cc(C(=O)NCCCCOC)c(Cl)cn1. The van der Waals surface area contributed by atoms with Gasteiger partial charge < -0.3 is 15.4 Å². The number of methoxy groups -OCH3 is 1. The molecule has 1 heterocycles. The van der Waals surface area contributed by atoms with Crippen LogP contribution < -0.4 is 10.6 Å². The van der Waals surface area contributed by atoms with E-state index in [-0.39, 0.29) is 5.91 Å². The van der Waals surface area contributed by atoms with Gasteiger partial charge in [0.15, 0.2) is 0 Å². The van der Waals surface area contributed by atoms with E-state index >= 15 is 0 Å². The van der Waals surface area contributed by atoms with Gasteiger partial charge in [0.25, 0.3) is 5.91 Å². The van der Waals surface area contributed by atoms with Crippen molar-refractivity contribution in [3.8, 4) is 0 Å². The predicted octanol–water partition coefficient (Wildman–Crippen LogP) is 2.71. The summed E-state index contributed by atoms with van der Waals surface area (Å²) in [5, 5.41) is 6.34. The Bertz CT molecular complexity index is 427. The molecular weight excluding hydrogens is 278 g/mol. The minimum absolute atomic E-state index is 0.172. The Balaban J connectivity index is 2.53. The van der Waals surface area contributed by atoms with E-state index < -0.39 is 0 Å². The Hall–Kier alpha value is -1.33. The summed E-state index contributed by atoms with van der Waals surface area (Å²) in [6.07, 6.45) is 4.29. The molecule has 2 N–H and O–H groups in total. The van der Waals surface area contributed by atoms with Crippen molar-refractivity contribution < 1.29 is 9.53 Å². The average molecular weight is 300 g/mol. The van der Waals surface area contributed by atoms with E-state index in [1.54, 1.807) is 13.2 Å². The van der Waals surface area contributed by atoms with Crippen LogP contribution in [0.25, 0.3) is 0 Å². The fourth-order valence-corrected chi connectivity index (χ4v) is 1.82. The maximum atomic E-state index is 12.0. The highest BCUT2D eigenvalue weighted by atomic mass is 35.5. The topological polar surface area (TPSA) is 63.2 Å². The van der Waals surface area contributed by atoms with E-state index in [0.29, 0.717) is 29.6 Å². The number of anilines is 1. The Labute approximate surface area is 125 Å². The van der Waals surface area contributed by atoms with Crippen LogP contribution in [0.15, 0.2) is 12.3 Å². The molecule has 0 aliphatic rings. The number of hydrogen-bond donors (Lipinski definition) is 2. The summed E-state index contributed by atoms with van der Waals surface area (Å²) < 4.78 is 4.96. The molecule has 0 saturated carbocycles. The van der Waals surface area contributed by atoms with Gasteiger partial charge in [0.05, 0.1) is 10.6 Å². The number of unbranched alkanes of at least 4 members (excludes halogenated alkanes) is 1. The lowest BCUT2D eigenvalue weighted by Gasteiger charge is -2.09. The molecule has 0 aromatic carbocycles. The monoisotopic (exact) mass is 299 g/mol. The first-order chi connectivity index (χ1) is 9.69. The van der Waals surface area contributed by atoms with E-state index in [1.807, 2.05) is 0 Å². The number of nitrogens with zero attached hydrogens (tertiary/aromatic N) is 1. The molecule has 5 nitrogen and oxygen atoms in total. The highest BCUT2D eigenvalue weighted by molar-refractivity contribution is 6.33. The molecule has 0 spiro atoms. The van der Waals surface area contributed by atoms with E-state index in [1.165, 1.54) is 6.20 Å². The highest BCUT2D eigenvalue weighted by Gasteiger charge is 2.11. The molecule has 1 aromatic rings. The smallest absolute Gasteiger partial charge is 0.252 e. The van der Waals surface area contributed by atoms with Crippen LogP contribution in [0, 0.1) is 0 Å². The van der Waals surface area contributed by atoms with E-state index in [9.17, 15) is 4.79 Å². The summed E-state index contributed by atoms with van der Waals surface area (Å²) >= 11 is 6.02. The summed E-state index contributed by atoms with van der Waals surface area (Å²) in [5.74, 6) is 0.496. The molecule has 1 amide bonds. The minimum Gasteiger partial charge on any atom is -0.385 e. The van der Waals surface area contributed by atoms with Gasteiger partial charge in [-0.05, 0) is 25.3 Å². The molecule has 0 bridgehead atoms. The number of ether oxygens (including phenoxy) is 1. The van der Waals surface area contributed by atoms with Crippen molar-refractivity contribution in [2.24, 2.45) is 0 Å². The summed E-state index contributed by atoms with van der Waals surface area (Å²) in [6.45, 7) is 4.19. The molecule has 1 aromatic heterocycles. The third kappa shape index (κ3) is 5.75. The number of carbonyl (C=O) groups excluding carboxylic acids is 1. The number of aromatic nitrogens is 1. The first kappa shape index (κ1) is 16.7. The van der Waals surface area contributed by atoms with Gasteiger partial charge in [0.1, 0.15) is 5.82 Å². The molecule has 0 aliphatic carbocycles. The summed E-state index contributed by atoms with van der Waals surface area (Å²) in [4.78, 5) is 16.2. The quantitative estimate of drug-likeness (QED) is 0.688. The maximum absolute atomic E-state index is 12.0. The predicted molar refractivity (Wildman–Crippen MR) is 81.5 cm³/mol. The Morgan fingerprint density at radius 3 is 2.90 bits per heavy atom. The number of pyridine rings is 1. The first-order valence-corrected chi connectivity index (χ1v) is 7.23. The van der Waals surface area contributed by atoms with Crippen LogP contribution in [-0.4, -0.2) is 37.7 Å². The van der Waals surface area contributed by atoms with Crippen LogP contribution in [0.5, 0.6) is 0 Å². The number of amides is 1. The molecule has 0 aliphatic heterocycles. The van der Waals surface area contributed by atoms with Crippen molar-refractivity contribution >= 4 is 23.3 Å². The summed E-state index contributed by atoms with van der Waals surface area (Å²) in [7, 11) is 1.67. The van der Waals surface area contributed by atoms with Gasteiger partial charge >= 0.3 is 0 Å². The Morgan fingerprint density at radius 1 is 1.40 bits per heavy atom. The van der Waals surface area contributed by atoms with Crippen LogP contribution in [0.3, 0.4) is 0 Å². The van der Waals surface area contributed by atoms with Gasteiger partial charge in [-0.15, -0.1) is 0 Å². The van der Waals surface area contributed by atoms with Gasteiger partial charge in [-0.3, -0.25) is 4.79 Å². The number of halogens is 1. The maximum Gasteiger partial charge on any atom is 0.252 e. The van der Waals surface area contributed by atoms with Crippen LogP contribution in [0.2, 0.25) is 5.02 Å². The molecule has 0 unspecified atom stereocenters. The number of nitrogens with one attached hydrogen (secondary N) is 2. The van der Waals surface area contributed by atoms with Crippen LogP contribution >= 0.6 is 11.6 Å². The minimum atomic E-state index is -0.172.